The standard InChI is InChI=1S/C9H7BrClFN2/c10-5-3-6(8(14)1-2-13)9(12)7(11)4-5/h3-4,8H,1,14H2. The minimum absolute atomic E-state index is 0.00256. The third-order valence-electron chi connectivity index (χ3n) is 1.73. The molecule has 0 aliphatic carbocycles. The SMILES string of the molecule is N#CCC(N)c1cc(Br)cc(Cl)c1F. The Bertz CT molecular complexity index is 389. The van der Waals surface area contributed by atoms with Crippen molar-refractivity contribution in [3.63, 3.8) is 0 Å². The summed E-state index contributed by atoms with van der Waals surface area (Å²) in [6.45, 7) is 0. The number of nitriles is 1. The number of benzene rings is 1. The average molecular weight is 278 g/mol. The van der Waals surface area contributed by atoms with Crippen LogP contribution in [0.1, 0.15) is 18.0 Å². The van der Waals surface area contributed by atoms with Crippen LogP contribution in [0, 0.1) is 17.1 Å². The first-order chi connectivity index (χ1) is 6.56. The van der Waals surface area contributed by atoms with Gasteiger partial charge >= 0.3 is 0 Å². The van der Waals surface area contributed by atoms with E-state index >= 15 is 0 Å². The molecule has 1 atom stereocenters. The number of rotatable bonds is 2. The van der Waals surface area contributed by atoms with E-state index in [0.29, 0.717) is 4.47 Å². The zero-order valence-corrected chi connectivity index (χ0v) is 9.44. The number of hydrogen-bond donors (Lipinski definition) is 1. The predicted octanol–water partition coefficient (Wildman–Crippen LogP) is 3.16. The van der Waals surface area contributed by atoms with Gasteiger partial charge in [-0.15, -0.1) is 0 Å². The van der Waals surface area contributed by atoms with Gasteiger partial charge in [0.2, 0.25) is 0 Å². The molecule has 1 rings (SSSR count). The van der Waals surface area contributed by atoms with Crippen molar-refractivity contribution >= 4 is 27.5 Å². The smallest absolute Gasteiger partial charge is 0.146 e. The summed E-state index contributed by atoms with van der Waals surface area (Å²) in [4.78, 5) is 0. The van der Waals surface area contributed by atoms with Crippen molar-refractivity contribution in [3.05, 3.63) is 33.0 Å². The molecule has 1 aromatic carbocycles. The van der Waals surface area contributed by atoms with Crippen molar-refractivity contribution in [2.24, 2.45) is 5.73 Å². The molecule has 5 heteroatoms. The van der Waals surface area contributed by atoms with Crippen molar-refractivity contribution in [1.82, 2.24) is 0 Å². The first-order valence-electron chi connectivity index (χ1n) is 3.83. The van der Waals surface area contributed by atoms with Crippen molar-refractivity contribution in [1.29, 1.82) is 5.26 Å². The van der Waals surface area contributed by atoms with Crippen molar-refractivity contribution in [3.8, 4) is 6.07 Å². The fourth-order valence-corrected chi connectivity index (χ4v) is 1.89. The molecule has 1 aromatic rings. The lowest BCUT2D eigenvalue weighted by molar-refractivity contribution is 0.585. The molecule has 0 fully saturated rings. The van der Waals surface area contributed by atoms with Gasteiger partial charge in [-0.2, -0.15) is 5.26 Å². The maximum Gasteiger partial charge on any atom is 0.146 e. The first-order valence-corrected chi connectivity index (χ1v) is 5.00. The molecule has 0 amide bonds. The first kappa shape index (κ1) is 11.4. The van der Waals surface area contributed by atoms with Crippen LogP contribution in [-0.4, -0.2) is 0 Å². The highest BCUT2D eigenvalue weighted by Gasteiger charge is 2.14. The Morgan fingerprint density at radius 3 is 2.86 bits per heavy atom. The normalized spacial score (nSPS) is 12.2. The largest absolute Gasteiger partial charge is 0.323 e. The summed E-state index contributed by atoms with van der Waals surface area (Å²) in [7, 11) is 0. The van der Waals surface area contributed by atoms with Crippen molar-refractivity contribution in [2.75, 3.05) is 0 Å². The van der Waals surface area contributed by atoms with Crippen LogP contribution in [0.4, 0.5) is 4.39 Å². The zero-order valence-electron chi connectivity index (χ0n) is 7.10. The van der Waals surface area contributed by atoms with Crippen LogP contribution in [0.2, 0.25) is 5.02 Å². The molecular formula is C9H7BrClFN2. The molecule has 0 heterocycles. The van der Waals surface area contributed by atoms with Crippen LogP contribution in [-0.2, 0) is 0 Å². The molecule has 0 saturated heterocycles. The Kier molecular flexibility index (Phi) is 3.87. The molecule has 0 bridgehead atoms. The van der Waals surface area contributed by atoms with E-state index in [1.807, 2.05) is 6.07 Å². The fraction of sp³-hybridized carbons (Fsp3) is 0.222. The quantitative estimate of drug-likeness (QED) is 0.844. The van der Waals surface area contributed by atoms with Crippen LogP contribution in [0.15, 0.2) is 16.6 Å². The predicted molar refractivity (Wildman–Crippen MR) is 56.3 cm³/mol. The molecule has 2 N–H and O–H groups in total. The summed E-state index contributed by atoms with van der Waals surface area (Å²) in [5.41, 5.74) is 5.86. The van der Waals surface area contributed by atoms with E-state index < -0.39 is 11.9 Å². The van der Waals surface area contributed by atoms with E-state index in [1.165, 1.54) is 12.1 Å². The van der Waals surface area contributed by atoms with Gasteiger partial charge in [-0.05, 0) is 12.1 Å². The highest BCUT2D eigenvalue weighted by Crippen LogP contribution is 2.28. The molecule has 2 nitrogen and oxygen atoms in total. The van der Waals surface area contributed by atoms with Gasteiger partial charge in [0.25, 0.3) is 0 Å². The second kappa shape index (κ2) is 4.74. The Labute approximate surface area is 94.6 Å². The Morgan fingerprint density at radius 1 is 1.64 bits per heavy atom. The van der Waals surface area contributed by atoms with Gasteiger partial charge in [-0.1, -0.05) is 27.5 Å². The Morgan fingerprint density at radius 2 is 2.29 bits per heavy atom. The van der Waals surface area contributed by atoms with Gasteiger partial charge < -0.3 is 5.73 Å². The number of hydrogen-bond acceptors (Lipinski definition) is 2. The molecule has 0 radical (unpaired) electrons. The van der Waals surface area contributed by atoms with Crippen LogP contribution in [0.25, 0.3) is 0 Å². The van der Waals surface area contributed by atoms with Crippen LogP contribution < -0.4 is 5.73 Å². The molecule has 0 saturated carbocycles. The van der Waals surface area contributed by atoms with Gasteiger partial charge in [0.15, 0.2) is 0 Å². The third kappa shape index (κ3) is 2.44. The van der Waals surface area contributed by atoms with Gasteiger partial charge in [-0.25, -0.2) is 4.39 Å². The summed E-state index contributed by atoms with van der Waals surface area (Å²) in [6.07, 6.45) is 0.0592. The number of nitrogens with zero attached hydrogens (tertiary/aromatic N) is 1. The van der Waals surface area contributed by atoms with Gasteiger partial charge in [-0.3, -0.25) is 0 Å². The van der Waals surface area contributed by atoms with Crippen LogP contribution in [0.5, 0.6) is 0 Å². The fourth-order valence-electron chi connectivity index (χ4n) is 1.05. The number of nitrogens with two attached hydrogens (primary N) is 1. The van der Waals surface area contributed by atoms with E-state index in [1.54, 1.807) is 0 Å². The maximum atomic E-state index is 13.4. The van der Waals surface area contributed by atoms with E-state index in [0.717, 1.165) is 0 Å². The Hall–Kier alpha value is -0.630. The highest BCUT2D eigenvalue weighted by molar-refractivity contribution is 9.10. The summed E-state index contributed by atoms with van der Waals surface area (Å²) < 4.78 is 14.1. The molecule has 74 valence electrons. The minimum atomic E-state index is -0.644. The van der Waals surface area contributed by atoms with E-state index in [-0.39, 0.29) is 17.0 Å². The van der Waals surface area contributed by atoms with E-state index in [9.17, 15) is 4.39 Å². The summed E-state index contributed by atoms with van der Waals surface area (Å²) in [5.74, 6) is -0.558. The minimum Gasteiger partial charge on any atom is -0.323 e. The van der Waals surface area contributed by atoms with E-state index in [2.05, 4.69) is 15.9 Å². The molecule has 14 heavy (non-hydrogen) atoms. The second-order valence-electron chi connectivity index (χ2n) is 2.76. The lowest BCUT2D eigenvalue weighted by Gasteiger charge is -2.10. The molecule has 0 aliphatic rings. The summed E-state index contributed by atoms with van der Waals surface area (Å²) >= 11 is 8.80. The molecule has 0 aliphatic heterocycles. The zero-order chi connectivity index (χ0) is 10.7. The van der Waals surface area contributed by atoms with Crippen LogP contribution in [0.3, 0.4) is 0 Å². The van der Waals surface area contributed by atoms with Gasteiger partial charge in [0, 0.05) is 16.1 Å². The second-order valence-corrected chi connectivity index (χ2v) is 4.08. The number of halogens is 3. The van der Waals surface area contributed by atoms with Crippen molar-refractivity contribution < 1.29 is 4.39 Å². The van der Waals surface area contributed by atoms with Gasteiger partial charge in [0.05, 0.1) is 17.5 Å². The summed E-state index contributed by atoms with van der Waals surface area (Å²) in [5, 5.41) is 8.43. The lowest BCUT2D eigenvalue weighted by Crippen LogP contribution is -2.11. The highest BCUT2D eigenvalue weighted by atomic mass is 79.9. The Balaban J connectivity index is 3.14. The molecular weight excluding hydrogens is 270 g/mol. The lowest BCUT2D eigenvalue weighted by atomic mass is 10.1. The topological polar surface area (TPSA) is 49.8 Å². The maximum absolute atomic E-state index is 13.4. The third-order valence-corrected chi connectivity index (χ3v) is 2.46. The monoisotopic (exact) mass is 276 g/mol. The van der Waals surface area contributed by atoms with E-state index in [4.69, 9.17) is 22.6 Å². The summed E-state index contributed by atoms with van der Waals surface area (Å²) in [6, 6.07) is 4.21. The molecule has 0 spiro atoms. The van der Waals surface area contributed by atoms with Crippen LogP contribution >= 0.6 is 27.5 Å². The molecule has 0 aromatic heterocycles. The molecule has 1 unspecified atom stereocenters. The van der Waals surface area contributed by atoms with Crippen molar-refractivity contribution in [2.45, 2.75) is 12.5 Å². The van der Waals surface area contributed by atoms with Gasteiger partial charge in [0.1, 0.15) is 5.82 Å². The average Bonchev–Trinajstić information content (AvgIpc) is 2.11.